The molecule has 0 aliphatic rings. The normalized spacial score (nSPS) is 10.8. The number of rotatable bonds is 10. The minimum atomic E-state index is -0.823. The van der Waals surface area contributed by atoms with E-state index in [1.165, 1.54) is 0 Å². The van der Waals surface area contributed by atoms with Crippen LogP contribution in [-0.2, 0) is 24.5 Å². The van der Waals surface area contributed by atoms with E-state index in [1.807, 2.05) is 19.1 Å². The molecule has 0 saturated carbocycles. The number of hydrogen-bond donors (Lipinski definition) is 5. The third kappa shape index (κ3) is 10.9. The van der Waals surface area contributed by atoms with Gasteiger partial charge < -0.3 is 25.4 Å². The Bertz CT molecular complexity index is 1160. The highest BCUT2D eigenvalue weighted by Crippen LogP contribution is 2.31. The summed E-state index contributed by atoms with van der Waals surface area (Å²) < 4.78 is 10.5. The maximum atomic E-state index is 12.7. The van der Waals surface area contributed by atoms with Gasteiger partial charge in [-0.2, -0.15) is 0 Å². The monoisotopic (exact) mass is 541 g/mol. The number of anilines is 3. The quantitative estimate of drug-likeness (QED) is 0.171. The Kier molecular flexibility index (Phi) is 11.6. The van der Waals surface area contributed by atoms with Crippen LogP contribution in [0.15, 0.2) is 42.5 Å². The first-order valence-corrected chi connectivity index (χ1v) is 12.9. The first-order chi connectivity index (χ1) is 18.4. The Labute approximate surface area is 229 Å². The van der Waals surface area contributed by atoms with Crippen molar-refractivity contribution in [3.05, 3.63) is 48.0 Å². The molecule has 2 aromatic carbocycles. The fourth-order valence-corrected chi connectivity index (χ4v) is 3.36. The fraction of sp³-hybridized carbons (Fsp3) is 0.429. The van der Waals surface area contributed by atoms with Gasteiger partial charge in [0.25, 0.3) is 0 Å². The number of nitrogens with one attached hydrogen (secondary N) is 5. The van der Waals surface area contributed by atoms with Crippen LogP contribution in [0, 0.1) is 0 Å². The van der Waals surface area contributed by atoms with E-state index in [1.54, 1.807) is 44.2 Å². The van der Waals surface area contributed by atoms with Gasteiger partial charge in [0.2, 0.25) is 5.91 Å². The average Bonchev–Trinajstić information content (AvgIpc) is 2.85. The van der Waals surface area contributed by atoms with Gasteiger partial charge in [-0.3, -0.25) is 19.8 Å². The summed E-state index contributed by atoms with van der Waals surface area (Å²) in [5, 5.41) is 8.41. The van der Waals surface area contributed by atoms with Crippen molar-refractivity contribution in [1.82, 2.24) is 10.9 Å². The summed E-state index contributed by atoms with van der Waals surface area (Å²) in [6.45, 7) is 12.3. The maximum absolute atomic E-state index is 12.7. The zero-order chi connectivity index (χ0) is 29.0. The molecule has 4 amide bonds. The molecule has 0 heterocycles. The van der Waals surface area contributed by atoms with Gasteiger partial charge in [-0.1, -0.05) is 32.9 Å². The largest absolute Gasteiger partial charge is 0.492 e. The Morgan fingerprint density at radius 1 is 0.897 bits per heavy atom. The van der Waals surface area contributed by atoms with Crippen LogP contribution >= 0.6 is 0 Å². The molecule has 0 saturated heterocycles. The number of hydrogen-bond acceptors (Lipinski definition) is 7. The van der Waals surface area contributed by atoms with E-state index < -0.39 is 17.9 Å². The second kappa shape index (κ2) is 14.6. The number of carbonyl (C=O) groups excluding carboxylic acids is 4. The highest BCUT2D eigenvalue weighted by atomic mass is 16.6. The van der Waals surface area contributed by atoms with Crippen LogP contribution in [0.25, 0.3) is 0 Å². The Morgan fingerprint density at radius 2 is 1.59 bits per heavy atom. The van der Waals surface area contributed by atoms with E-state index in [0.29, 0.717) is 42.4 Å². The van der Waals surface area contributed by atoms with Crippen molar-refractivity contribution in [1.29, 1.82) is 0 Å². The molecule has 2 aromatic rings. The predicted octanol–water partition coefficient (Wildman–Crippen LogP) is 4.32. The van der Waals surface area contributed by atoms with Gasteiger partial charge in [0.05, 0.1) is 18.4 Å². The Balaban J connectivity index is 1.87. The lowest BCUT2D eigenvalue weighted by Crippen LogP contribution is -2.42. The zero-order valence-electron chi connectivity index (χ0n) is 23.4. The molecule has 0 unspecified atom stereocenters. The van der Waals surface area contributed by atoms with Crippen molar-refractivity contribution < 1.29 is 28.7 Å². The van der Waals surface area contributed by atoms with Crippen molar-refractivity contribution in [2.75, 3.05) is 29.1 Å². The van der Waals surface area contributed by atoms with E-state index in [0.717, 1.165) is 5.56 Å². The molecule has 212 valence electrons. The summed E-state index contributed by atoms with van der Waals surface area (Å²) in [5.74, 6) is -1.52. The maximum Gasteiger partial charge on any atom is 0.426 e. The minimum absolute atomic E-state index is 0.151. The van der Waals surface area contributed by atoms with Crippen molar-refractivity contribution in [2.45, 2.75) is 65.9 Å². The summed E-state index contributed by atoms with van der Waals surface area (Å²) in [5.41, 5.74) is 6.85. The smallest absolute Gasteiger partial charge is 0.426 e. The first-order valence-electron chi connectivity index (χ1n) is 12.9. The molecular formula is C28H39N5O6. The SMILES string of the molecule is CCOc1ccc(C(C)(C)C)cc1NC(=O)C(=O)Nc1cccc(NCCCC(=O)NNC(=O)OC(C)C)c1. The summed E-state index contributed by atoms with van der Waals surface area (Å²) >= 11 is 0. The van der Waals surface area contributed by atoms with Crippen LogP contribution in [0.5, 0.6) is 5.75 Å². The van der Waals surface area contributed by atoms with E-state index in [-0.39, 0.29) is 23.8 Å². The van der Waals surface area contributed by atoms with Crippen molar-refractivity contribution in [2.24, 2.45) is 0 Å². The molecule has 11 heteroatoms. The van der Waals surface area contributed by atoms with Gasteiger partial charge in [-0.15, -0.1) is 0 Å². The van der Waals surface area contributed by atoms with Crippen LogP contribution < -0.4 is 31.5 Å². The van der Waals surface area contributed by atoms with E-state index >= 15 is 0 Å². The Hall–Kier alpha value is -4.28. The molecule has 2 rings (SSSR count). The number of amides is 4. The average molecular weight is 542 g/mol. The molecule has 0 radical (unpaired) electrons. The topological polar surface area (TPSA) is 147 Å². The van der Waals surface area contributed by atoms with Crippen molar-refractivity contribution in [3.8, 4) is 5.75 Å². The molecule has 0 aliphatic carbocycles. The fourth-order valence-electron chi connectivity index (χ4n) is 3.36. The molecular weight excluding hydrogens is 502 g/mol. The number of carbonyl (C=O) groups is 4. The van der Waals surface area contributed by atoms with Crippen LogP contribution in [0.1, 0.15) is 59.9 Å². The highest BCUT2D eigenvalue weighted by molar-refractivity contribution is 6.43. The number of hydrazine groups is 1. The van der Waals surface area contributed by atoms with Crippen LogP contribution in [0.2, 0.25) is 0 Å². The zero-order valence-corrected chi connectivity index (χ0v) is 23.4. The van der Waals surface area contributed by atoms with Gasteiger partial charge in [0.1, 0.15) is 5.75 Å². The van der Waals surface area contributed by atoms with Gasteiger partial charge in [-0.25, -0.2) is 10.2 Å². The molecule has 0 aliphatic heterocycles. The van der Waals surface area contributed by atoms with Gasteiger partial charge in [-0.05, 0) is 68.5 Å². The molecule has 0 bridgehead atoms. The first kappa shape index (κ1) is 30.9. The molecule has 0 fully saturated rings. The lowest BCUT2D eigenvalue weighted by molar-refractivity contribution is -0.133. The minimum Gasteiger partial charge on any atom is -0.492 e. The summed E-state index contributed by atoms with van der Waals surface area (Å²) in [4.78, 5) is 48.5. The number of benzene rings is 2. The van der Waals surface area contributed by atoms with E-state index in [2.05, 4.69) is 47.6 Å². The van der Waals surface area contributed by atoms with Gasteiger partial charge in [0.15, 0.2) is 0 Å². The summed E-state index contributed by atoms with van der Waals surface area (Å²) in [7, 11) is 0. The molecule has 39 heavy (non-hydrogen) atoms. The molecule has 0 atom stereocenters. The molecule has 0 aromatic heterocycles. The number of ether oxygens (including phenoxy) is 2. The van der Waals surface area contributed by atoms with Crippen LogP contribution in [0.4, 0.5) is 21.9 Å². The molecule has 5 N–H and O–H groups in total. The lowest BCUT2D eigenvalue weighted by atomic mass is 9.87. The summed E-state index contributed by atoms with van der Waals surface area (Å²) in [6, 6.07) is 12.4. The summed E-state index contributed by atoms with van der Waals surface area (Å²) in [6.07, 6.45) is -0.357. The van der Waals surface area contributed by atoms with Gasteiger partial charge >= 0.3 is 17.9 Å². The third-order valence-corrected chi connectivity index (χ3v) is 5.28. The molecule has 11 nitrogen and oxygen atoms in total. The Morgan fingerprint density at radius 3 is 2.26 bits per heavy atom. The van der Waals surface area contributed by atoms with Crippen LogP contribution in [0.3, 0.4) is 0 Å². The second-order valence-electron chi connectivity index (χ2n) is 10.0. The standard InChI is InChI=1S/C28H39N5O6/c1-7-38-23-14-13-19(28(4,5)6)16-22(23)31-26(36)25(35)30-21-11-8-10-20(17-21)29-15-9-12-24(34)32-33-27(37)39-18(2)3/h8,10-11,13-14,16-18,29H,7,9,12,15H2,1-6H3,(H,30,35)(H,31,36)(H,32,34)(H,33,37). The predicted molar refractivity (Wildman–Crippen MR) is 151 cm³/mol. The van der Waals surface area contributed by atoms with Gasteiger partial charge in [0, 0.05) is 24.3 Å². The highest BCUT2D eigenvalue weighted by Gasteiger charge is 2.20. The third-order valence-electron chi connectivity index (χ3n) is 5.28. The van der Waals surface area contributed by atoms with Crippen molar-refractivity contribution in [3.63, 3.8) is 0 Å². The van der Waals surface area contributed by atoms with Crippen molar-refractivity contribution >= 4 is 40.9 Å². The van der Waals surface area contributed by atoms with E-state index in [4.69, 9.17) is 9.47 Å². The lowest BCUT2D eigenvalue weighted by Gasteiger charge is -2.21. The van der Waals surface area contributed by atoms with Crippen LogP contribution in [-0.4, -0.2) is 43.1 Å². The second-order valence-corrected chi connectivity index (χ2v) is 10.0. The molecule has 0 spiro atoms. The van der Waals surface area contributed by atoms with E-state index in [9.17, 15) is 19.2 Å².